The van der Waals surface area contributed by atoms with Crippen LogP contribution in [0.4, 0.5) is 0 Å². The predicted molar refractivity (Wildman–Crippen MR) is 80.3 cm³/mol. The third-order valence-corrected chi connectivity index (χ3v) is 4.83. The van der Waals surface area contributed by atoms with Crippen LogP contribution in [-0.2, 0) is 6.54 Å². The van der Waals surface area contributed by atoms with Crippen molar-refractivity contribution in [3.8, 4) is 0 Å². The van der Waals surface area contributed by atoms with Gasteiger partial charge in [-0.3, -0.25) is 4.90 Å². The minimum atomic E-state index is 0.681. The van der Waals surface area contributed by atoms with E-state index in [1.807, 2.05) is 11.3 Å². The molecule has 0 radical (unpaired) electrons. The third kappa shape index (κ3) is 3.81. The molecule has 1 aromatic rings. The molecule has 102 valence electrons. The number of nitrogens with zero attached hydrogens (tertiary/aromatic N) is 1. The van der Waals surface area contributed by atoms with E-state index >= 15 is 0 Å². The van der Waals surface area contributed by atoms with Gasteiger partial charge >= 0.3 is 0 Å². The van der Waals surface area contributed by atoms with E-state index in [-0.39, 0.29) is 0 Å². The molecule has 0 aliphatic carbocycles. The first-order valence-corrected chi connectivity index (χ1v) is 7.88. The van der Waals surface area contributed by atoms with Gasteiger partial charge in [0.1, 0.15) is 0 Å². The lowest BCUT2D eigenvalue weighted by molar-refractivity contribution is 0.181. The van der Waals surface area contributed by atoms with Crippen LogP contribution in [-0.4, -0.2) is 30.6 Å². The molecule has 1 atom stereocenters. The van der Waals surface area contributed by atoms with Crippen molar-refractivity contribution in [2.45, 2.75) is 46.7 Å². The van der Waals surface area contributed by atoms with Crippen LogP contribution in [0.2, 0.25) is 0 Å². The number of aryl methyl sites for hydroxylation is 2. The summed E-state index contributed by atoms with van der Waals surface area (Å²) >= 11 is 1.96. The maximum atomic E-state index is 3.64. The van der Waals surface area contributed by atoms with Crippen LogP contribution >= 0.6 is 11.3 Å². The van der Waals surface area contributed by atoms with Gasteiger partial charge in [-0.25, -0.2) is 0 Å². The Morgan fingerprint density at radius 2 is 2.22 bits per heavy atom. The van der Waals surface area contributed by atoms with E-state index in [0.29, 0.717) is 6.04 Å². The van der Waals surface area contributed by atoms with Gasteiger partial charge in [0.2, 0.25) is 0 Å². The van der Waals surface area contributed by atoms with Gasteiger partial charge in [-0.05, 0) is 37.8 Å². The normalized spacial score (nSPS) is 21.7. The summed E-state index contributed by atoms with van der Waals surface area (Å²) in [5, 5.41) is 3.64. The number of hydrogen-bond donors (Lipinski definition) is 1. The fraction of sp³-hybridized carbons (Fsp3) is 0.733. The summed E-state index contributed by atoms with van der Waals surface area (Å²) in [5.41, 5.74) is 1.45. The van der Waals surface area contributed by atoms with E-state index in [1.54, 1.807) is 0 Å². The molecular formula is C15H26N2S. The average Bonchev–Trinajstić information content (AvgIpc) is 2.57. The molecule has 18 heavy (non-hydrogen) atoms. The summed E-state index contributed by atoms with van der Waals surface area (Å²) < 4.78 is 0. The maximum absolute atomic E-state index is 3.64. The molecule has 1 aromatic heterocycles. The van der Waals surface area contributed by atoms with Crippen molar-refractivity contribution in [1.82, 2.24) is 10.2 Å². The highest BCUT2D eigenvalue weighted by Gasteiger charge is 2.20. The predicted octanol–water partition coefficient (Wildman–Crippen LogP) is 3.18. The Balaban J connectivity index is 1.89. The lowest BCUT2D eigenvalue weighted by Gasteiger charge is -2.34. The Morgan fingerprint density at radius 3 is 2.83 bits per heavy atom. The monoisotopic (exact) mass is 266 g/mol. The summed E-state index contributed by atoms with van der Waals surface area (Å²) in [5.74, 6) is 0.786. The van der Waals surface area contributed by atoms with Crippen molar-refractivity contribution >= 4 is 11.3 Å². The van der Waals surface area contributed by atoms with E-state index in [4.69, 9.17) is 0 Å². The summed E-state index contributed by atoms with van der Waals surface area (Å²) in [6.07, 6.45) is 1.29. The van der Waals surface area contributed by atoms with Crippen molar-refractivity contribution in [3.05, 3.63) is 21.4 Å². The molecule has 1 aliphatic rings. The highest BCUT2D eigenvalue weighted by molar-refractivity contribution is 7.12. The Morgan fingerprint density at radius 1 is 1.44 bits per heavy atom. The molecule has 1 unspecified atom stereocenters. The van der Waals surface area contributed by atoms with Gasteiger partial charge in [0, 0.05) is 42.0 Å². The molecule has 3 heteroatoms. The van der Waals surface area contributed by atoms with Crippen LogP contribution < -0.4 is 5.32 Å². The van der Waals surface area contributed by atoms with E-state index < -0.39 is 0 Å². The van der Waals surface area contributed by atoms with Gasteiger partial charge < -0.3 is 5.32 Å². The van der Waals surface area contributed by atoms with Crippen LogP contribution in [0.1, 0.15) is 35.6 Å². The first-order chi connectivity index (χ1) is 8.54. The zero-order valence-electron chi connectivity index (χ0n) is 12.1. The summed E-state index contributed by atoms with van der Waals surface area (Å²) in [6, 6.07) is 3.04. The molecule has 1 aliphatic heterocycles. The fourth-order valence-corrected chi connectivity index (χ4v) is 3.81. The zero-order valence-corrected chi connectivity index (χ0v) is 12.9. The molecule has 1 fully saturated rings. The second-order valence-electron chi connectivity index (χ2n) is 5.97. The van der Waals surface area contributed by atoms with Crippen molar-refractivity contribution in [2.75, 3.05) is 19.6 Å². The molecule has 2 heterocycles. The highest BCUT2D eigenvalue weighted by atomic mass is 32.1. The van der Waals surface area contributed by atoms with E-state index in [0.717, 1.165) is 19.0 Å². The van der Waals surface area contributed by atoms with Crippen LogP contribution in [0.3, 0.4) is 0 Å². The Labute approximate surface area is 115 Å². The molecule has 1 saturated heterocycles. The second-order valence-corrected chi connectivity index (χ2v) is 7.31. The molecular weight excluding hydrogens is 240 g/mol. The Bertz CT molecular complexity index is 364. The van der Waals surface area contributed by atoms with Crippen molar-refractivity contribution < 1.29 is 0 Å². The second kappa shape index (κ2) is 6.18. The van der Waals surface area contributed by atoms with Crippen LogP contribution in [0, 0.1) is 19.8 Å². The molecule has 0 amide bonds. The van der Waals surface area contributed by atoms with Crippen LogP contribution in [0.25, 0.3) is 0 Å². The summed E-state index contributed by atoms with van der Waals surface area (Å²) in [4.78, 5) is 5.60. The Hall–Kier alpha value is -0.380. The van der Waals surface area contributed by atoms with Gasteiger partial charge in [0.25, 0.3) is 0 Å². The number of nitrogens with one attached hydrogen (secondary N) is 1. The summed E-state index contributed by atoms with van der Waals surface area (Å²) in [7, 11) is 0. The quantitative estimate of drug-likeness (QED) is 0.900. The minimum absolute atomic E-state index is 0.681. The lowest BCUT2D eigenvalue weighted by atomic mass is 10.0. The van der Waals surface area contributed by atoms with E-state index in [1.165, 1.54) is 34.8 Å². The molecule has 0 saturated carbocycles. The van der Waals surface area contributed by atoms with Gasteiger partial charge in [0.15, 0.2) is 0 Å². The van der Waals surface area contributed by atoms with Crippen molar-refractivity contribution in [2.24, 2.45) is 5.92 Å². The van der Waals surface area contributed by atoms with E-state index in [9.17, 15) is 0 Å². The zero-order chi connectivity index (χ0) is 13.1. The van der Waals surface area contributed by atoms with Crippen LogP contribution in [0.5, 0.6) is 0 Å². The number of rotatable bonds is 4. The summed E-state index contributed by atoms with van der Waals surface area (Å²) in [6.45, 7) is 13.7. The number of piperazine rings is 1. The first kappa shape index (κ1) is 14.0. The molecule has 0 aromatic carbocycles. The molecule has 0 spiro atoms. The van der Waals surface area contributed by atoms with Crippen molar-refractivity contribution in [1.29, 1.82) is 0 Å². The molecule has 0 bridgehead atoms. The van der Waals surface area contributed by atoms with Crippen LogP contribution in [0.15, 0.2) is 6.07 Å². The lowest BCUT2D eigenvalue weighted by Crippen LogP contribution is -2.50. The Kier molecular flexibility index (Phi) is 4.82. The SMILES string of the molecule is Cc1cc(CN2CCNC(CC(C)C)C2)sc1C. The van der Waals surface area contributed by atoms with Gasteiger partial charge in [-0.1, -0.05) is 13.8 Å². The number of hydrogen-bond acceptors (Lipinski definition) is 3. The van der Waals surface area contributed by atoms with Crippen molar-refractivity contribution in [3.63, 3.8) is 0 Å². The number of thiophene rings is 1. The largest absolute Gasteiger partial charge is 0.311 e. The molecule has 2 rings (SSSR count). The maximum Gasteiger partial charge on any atom is 0.0329 e. The van der Waals surface area contributed by atoms with Gasteiger partial charge in [-0.2, -0.15) is 0 Å². The first-order valence-electron chi connectivity index (χ1n) is 7.06. The average molecular weight is 266 g/mol. The standard InChI is InChI=1S/C15H26N2S/c1-11(2)7-14-9-17(6-5-16-14)10-15-8-12(3)13(4)18-15/h8,11,14,16H,5-7,9-10H2,1-4H3. The smallest absolute Gasteiger partial charge is 0.0329 e. The molecule has 1 N–H and O–H groups in total. The van der Waals surface area contributed by atoms with E-state index in [2.05, 4.69) is 44.0 Å². The molecule has 2 nitrogen and oxygen atoms in total. The van der Waals surface area contributed by atoms with Gasteiger partial charge in [-0.15, -0.1) is 11.3 Å². The third-order valence-electron chi connectivity index (χ3n) is 3.69. The highest BCUT2D eigenvalue weighted by Crippen LogP contribution is 2.22. The van der Waals surface area contributed by atoms with Gasteiger partial charge in [0.05, 0.1) is 0 Å². The topological polar surface area (TPSA) is 15.3 Å². The fourth-order valence-electron chi connectivity index (χ4n) is 2.71. The minimum Gasteiger partial charge on any atom is -0.311 e.